The summed E-state index contributed by atoms with van der Waals surface area (Å²) in [4.78, 5) is 56.8. The Bertz CT molecular complexity index is 2450. The summed E-state index contributed by atoms with van der Waals surface area (Å²) < 4.78 is 217. The van der Waals surface area contributed by atoms with Crippen molar-refractivity contribution in [2.75, 3.05) is 0 Å². The van der Waals surface area contributed by atoms with Crippen LogP contribution in [-0.4, -0.2) is 85.4 Å². The molecule has 0 aliphatic heterocycles. The molecule has 0 aromatic heterocycles. The number of alkyl carbamates (subject to hydrolysis) is 2. The molecule has 25 heteroatoms. The SMILES string of the molecule is CC(C)(C)OC(=O)N[C@@H](CC(=O)O)Cc1cc(F)c(F)cc1F.[2H]Cl.[2H]Cl.[2H]OC(=O)C([2H])([2H])[C@@H](Cc1cc(F)c(F)cc1F)N([2H])[2H].[2H]O[2H].[2H]c1c(F)c(F)c([2H])c(C[C@@H](NC(=O)OC(C)(C)C)C([2H])([2H])C(=O)O)c1F. The predicted molar refractivity (Wildman–Crippen MR) is 219 cm³/mol. The Kier molecular flexibility index (Phi) is 18.4. The van der Waals surface area contributed by atoms with E-state index in [9.17, 15) is 63.5 Å². The van der Waals surface area contributed by atoms with Crippen LogP contribution in [0.2, 0.25) is 2.82 Å². The lowest BCUT2D eigenvalue weighted by molar-refractivity contribution is -0.138. The summed E-state index contributed by atoms with van der Waals surface area (Å²) in [7, 11) is 0. The molecule has 3 aromatic carbocycles. The minimum absolute atomic E-state index is 0.225. The maximum absolute atomic E-state index is 14.1. The molecule has 0 fully saturated rings. The van der Waals surface area contributed by atoms with Gasteiger partial charge in [0.2, 0.25) is 2.86 Å². The monoisotopic (exact) mass is 1000 g/mol. The maximum Gasteiger partial charge on any atom is 0.407 e. The minimum atomic E-state index is -3.18. The molecule has 0 saturated heterocycles. The van der Waals surface area contributed by atoms with Gasteiger partial charge in [0.05, 0.1) is 21.9 Å². The van der Waals surface area contributed by atoms with Gasteiger partial charge in [-0.2, -0.15) is 0 Å². The third-order valence-corrected chi connectivity index (χ3v) is 6.82. The number of carboxylic acids is 3. The molecule has 2 amide bonds. The Labute approximate surface area is 397 Å². The Morgan fingerprint density at radius 1 is 0.662 bits per heavy atom. The van der Waals surface area contributed by atoms with E-state index < -0.39 is 167 Å². The number of amides is 2. The summed E-state index contributed by atoms with van der Waals surface area (Å²) in [5.74, 6) is -18.0. The summed E-state index contributed by atoms with van der Waals surface area (Å²) in [6, 6.07) is -6.05. The second-order valence-corrected chi connectivity index (χ2v) is 14.5. The number of carbonyl (C=O) groups excluding carboxylic acids is 2. The summed E-state index contributed by atoms with van der Waals surface area (Å²) in [6.07, 6.45) is -11.0. The van der Waals surface area contributed by atoms with Crippen molar-refractivity contribution in [1.82, 2.24) is 10.6 Å². The van der Waals surface area contributed by atoms with Crippen LogP contribution >= 0.6 is 24.6 Å². The molecular weight excluding hydrogens is 940 g/mol. The van der Waals surface area contributed by atoms with Crippen molar-refractivity contribution in [3.63, 3.8) is 0 Å². The highest BCUT2D eigenvalue weighted by Gasteiger charge is 2.25. The number of halogens is 11. The van der Waals surface area contributed by atoms with E-state index >= 15 is 0 Å². The molecule has 0 saturated carbocycles. The first-order valence-electron chi connectivity index (χ1n) is 23.3. The highest BCUT2D eigenvalue weighted by atomic mass is 35.5. The van der Waals surface area contributed by atoms with Crippen molar-refractivity contribution in [2.45, 2.75) is 109 Å². The average Bonchev–Trinajstić information content (AvgIpc) is 3.31. The van der Waals surface area contributed by atoms with Gasteiger partial charge in [0.1, 0.15) is 33.8 Å². The van der Waals surface area contributed by atoms with Crippen LogP contribution in [0, 0.1) is 52.4 Å². The lowest BCUT2D eigenvalue weighted by Gasteiger charge is -2.23. The van der Waals surface area contributed by atoms with Crippen molar-refractivity contribution < 1.29 is 105 Å². The van der Waals surface area contributed by atoms with E-state index in [2.05, 4.69) is 40.6 Å². The Morgan fingerprint density at radius 2 is 1.08 bits per heavy atom. The smallest absolute Gasteiger partial charge is 0.407 e. The van der Waals surface area contributed by atoms with E-state index in [4.69, 9.17) is 37.4 Å². The van der Waals surface area contributed by atoms with Crippen molar-refractivity contribution in [2.24, 2.45) is 5.72 Å². The van der Waals surface area contributed by atoms with E-state index in [0.29, 0.717) is 18.2 Å². The summed E-state index contributed by atoms with van der Waals surface area (Å²) in [5, 5.41) is 25.6. The van der Waals surface area contributed by atoms with Crippen molar-refractivity contribution in [3.05, 3.63) is 105 Å². The van der Waals surface area contributed by atoms with Crippen molar-refractivity contribution in [3.8, 4) is 0 Å². The zero-order valence-corrected chi connectivity index (χ0v) is 36.1. The fraction of sp³-hybridized carbons (Fsp3) is 0.425. The Morgan fingerprint density at radius 3 is 1.49 bits per heavy atom. The van der Waals surface area contributed by atoms with Crippen LogP contribution in [-0.2, 0) is 43.1 Å². The maximum atomic E-state index is 14.1. The molecule has 65 heavy (non-hydrogen) atoms. The second-order valence-electron chi connectivity index (χ2n) is 14.5. The number of hydrogen-bond acceptors (Lipinski definition) is 9. The molecule has 368 valence electrons. The topological polar surface area (TPSA) is 246 Å². The van der Waals surface area contributed by atoms with Crippen LogP contribution in [0.1, 0.15) is 85.6 Å². The quantitative estimate of drug-likeness (QED) is 0.0643. The minimum Gasteiger partial charge on any atom is -0.481 e. The van der Waals surface area contributed by atoms with Gasteiger partial charge in [-0.05, 0) is 95.7 Å². The van der Waals surface area contributed by atoms with Gasteiger partial charge < -0.3 is 46.6 Å². The van der Waals surface area contributed by atoms with Crippen molar-refractivity contribution in [1.29, 1.82) is 6.64 Å². The van der Waals surface area contributed by atoms with E-state index in [0.717, 1.165) is 0 Å². The van der Waals surface area contributed by atoms with Crippen LogP contribution in [0.15, 0.2) is 36.4 Å². The summed E-state index contributed by atoms with van der Waals surface area (Å²) in [6.45, 7) is 9.31. The Balaban J connectivity index is -0.00000103. The first kappa shape index (κ1) is 42.1. The molecule has 0 aliphatic carbocycles. The number of hydrogen-bond donors (Lipinski definition) is 6. The third kappa shape index (κ3) is 26.1. The largest absolute Gasteiger partial charge is 0.481 e. The van der Waals surface area contributed by atoms with Gasteiger partial charge >= 0.3 is 30.1 Å². The number of carboxylic acid groups (broad SMARTS) is 3. The third-order valence-electron chi connectivity index (χ3n) is 6.82. The molecular formula is C40H50Cl2F9N3O11. The molecule has 0 aliphatic rings. The zero-order valence-electron chi connectivity index (χ0n) is 47.5. The summed E-state index contributed by atoms with van der Waals surface area (Å²) in [5.41, 5.74) is -1.02. The van der Waals surface area contributed by atoms with Crippen LogP contribution in [0.5, 0.6) is 0 Å². The molecule has 3 aromatic rings. The van der Waals surface area contributed by atoms with E-state index in [1.165, 1.54) is 20.8 Å². The van der Waals surface area contributed by atoms with Crippen LogP contribution in [0.25, 0.3) is 1.43 Å². The van der Waals surface area contributed by atoms with Gasteiger partial charge in [0.15, 0.2) is 34.9 Å². The number of nitrogens with one attached hydrogen (secondary N) is 2. The van der Waals surface area contributed by atoms with Gasteiger partial charge in [0, 0.05) is 41.8 Å². The molecule has 3 rings (SSSR count). The second kappa shape index (κ2) is 28.4. The lowest BCUT2D eigenvalue weighted by Crippen LogP contribution is -2.41. The van der Waals surface area contributed by atoms with Gasteiger partial charge in [-0.15, -0.1) is 24.6 Å². The van der Waals surface area contributed by atoms with Crippen LogP contribution < -0.4 is 16.4 Å². The predicted octanol–water partition coefficient (Wildman–Crippen LogP) is 7.50. The van der Waals surface area contributed by atoms with Crippen LogP contribution in [0.4, 0.5) is 49.1 Å². The number of benzene rings is 3. The average molecular weight is 1000 g/mol. The molecule has 9 N–H and O–H groups in total. The van der Waals surface area contributed by atoms with Gasteiger partial charge in [-0.3, -0.25) is 14.4 Å². The van der Waals surface area contributed by atoms with Gasteiger partial charge in [-0.25, -0.2) is 49.1 Å². The van der Waals surface area contributed by atoms with Gasteiger partial charge in [0.25, 0.3) is 1.43 Å². The normalized spacial score (nSPS) is 15.0. The summed E-state index contributed by atoms with van der Waals surface area (Å²) >= 11 is 7.78. The first-order chi connectivity index (χ1) is 35.6. The first-order valence-corrected chi connectivity index (χ1v) is 17.5. The molecule has 3 atom stereocenters. The number of carbonyl (C=O) groups is 5. The van der Waals surface area contributed by atoms with E-state index in [-0.39, 0.29) is 23.8 Å². The van der Waals surface area contributed by atoms with Crippen molar-refractivity contribution >= 4 is 54.7 Å². The molecule has 0 unspecified atom stereocenters. The molecule has 0 radical (unpaired) electrons. The Hall–Kier alpha value is -5.52. The molecule has 14 nitrogen and oxygen atoms in total. The van der Waals surface area contributed by atoms with Gasteiger partial charge in [-0.1, -0.05) is 0 Å². The number of ether oxygens (including phenoxy) is 2. The molecule has 0 spiro atoms. The number of aliphatic carboxylic acids is 3. The standard InChI is InChI=1S/2C15H18F3NO4.C10H10F3NO2.2ClH.H2O/c2*1-15(2,3)23-14(22)19-9(6-13(20)21)4-8-5-11(17)12(18)7-10(8)16;11-7-4-9(13)8(12)2-5(7)1-6(14)3-10(15)16;;;/h2*5,7,9H,4,6H2,1-3H3,(H,19,22)(H,20,21);2,4,6H,1,3,14H2,(H,15,16);2*1H;1H2/t2*9-;6-;;;/m111.../s1/i5D,6D2,7D;;3D2;;;/hD7. The highest BCUT2D eigenvalue weighted by molar-refractivity contribution is 5.85. The highest BCUT2D eigenvalue weighted by Crippen LogP contribution is 2.19. The number of rotatable bonds is 15. The molecule has 0 heterocycles. The van der Waals surface area contributed by atoms with E-state index in [1.54, 1.807) is 20.8 Å². The number of nitrogens with two attached hydrogens (primary N) is 1. The zero-order chi connectivity index (χ0) is 62.2. The fourth-order valence-corrected chi connectivity index (χ4v) is 4.51. The van der Waals surface area contributed by atoms with Crippen LogP contribution in [0.3, 0.4) is 0 Å². The van der Waals surface area contributed by atoms with E-state index in [1.807, 2.05) is 5.32 Å². The fourth-order valence-electron chi connectivity index (χ4n) is 4.51. The lowest BCUT2D eigenvalue weighted by atomic mass is 10.0. The molecule has 0 bridgehead atoms.